The molecular formula is C9H16ClN3O2S. The topological polar surface area (TPSA) is 66.1 Å². The Morgan fingerprint density at radius 2 is 2.25 bits per heavy atom. The molecule has 1 rings (SSSR count). The molecule has 0 atom stereocenters. The van der Waals surface area contributed by atoms with Crippen LogP contribution in [-0.4, -0.2) is 41.9 Å². The molecule has 0 aliphatic carbocycles. The molecule has 0 spiro atoms. The smallest absolute Gasteiger partial charge is 0.246 e. The fraction of sp³-hybridized carbons (Fsp3) is 0.667. The highest BCUT2D eigenvalue weighted by atomic mass is 35.5. The summed E-state index contributed by atoms with van der Waals surface area (Å²) in [6, 6.07) is 0. The second kappa shape index (κ2) is 5.65. The quantitative estimate of drug-likeness (QED) is 0.790. The van der Waals surface area contributed by atoms with Crippen LogP contribution < -0.4 is 0 Å². The molecule has 92 valence electrons. The van der Waals surface area contributed by atoms with Crippen molar-refractivity contribution < 1.29 is 8.42 Å². The van der Waals surface area contributed by atoms with E-state index in [1.165, 1.54) is 10.5 Å². The van der Waals surface area contributed by atoms with Crippen molar-refractivity contribution in [3.05, 3.63) is 11.9 Å². The summed E-state index contributed by atoms with van der Waals surface area (Å²) in [6.07, 6.45) is 1.99. The first-order chi connectivity index (χ1) is 7.54. The number of rotatable bonds is 6. The Balaban J connectivity index is 2.95. The number of nitrogens with zero attached hydrogens (tertiary/aromatic N) is 2. The molecule has 7 heteroatoms. The molecule has 0 unspecified atom stereocenters. The Morgan fingerprint density at radius 3 is 2.69 bits per heavy atom. The summed E-state index contributed by atoms with van der Waals surface area (Å²) in [5.74, 6) is 0.455. The van der Waals surface area contributed by atoms with Crippen LogP contribution in [0.2, 0.25) is 0 Å². The third kappa shape index (κ3) is 2.75. The van der Waals surface area contributed by atoms with Crippen LogP contribution in [0.3, 0.4) is 0 Å². The number of hydrogen-bond acceptors (Lipinski definition) is 3. The Hall–Kier alpha value is -0.590. The van der Waals surface area contributed by atoms with Gasteiger partial charge in [-0.15, -0.1) is 11.6 Å². The Bertz CT molecular complexity index is 430. The van der Waals surface area contributed by atoms with E-state index in [2.05, 4.69) is 10.2 Å². The van der Waals surface area contributed by atoms with Gasteiger partial charge >= 0.3 is 0 Å². The number of sulfonamides is 1. The van der Waals surface area contributed by atoms with Gasteiger partial charge in [-0.1, -0.05) is 6.92 Å². The number of aromatic amines is 1. The number of halogens is 1. The highest BCUT2D eigenvalue weighted by Crippen LogP contribution is 2.17. The summed E-state index contributed by atoms with van der Waals surface area (Å²) < 4.78 is 25.8. The van der Waals surface area contributed by atoms with Gasteiger partial charge in [-0.05, 0) is 13.3 Å². The first-order valence-corrected chi connectivity index (χ1v) is 7.07. The van der Waals surface area contributed by atoms with Gasteiger partial charge in [-0.25, -0.2) is 8.42 Å². The maximum atomic E-state index is 12.2. The van der Waals surface area contributed by atoms with Crippen LogP contribution in [0.15, 0.2) is 11.1 Å². The average molecular weight is 266 g/mol. The Morgan fingerprint density at radius 1 is 1.56 bits per heavy atom. The van der Waals surface area contributed by atoms with Crippen LogP contribution >= 0.6 is 11.6 Å². The molecule has 0 aliphatic rings. The Labute approximate surface area is 101 Å². The molecule has 1 aromatic rings. The number of alkyl halides is 1. The monoisotopic (exact) mass is 265 g/mol. The lowest BCUT2D eigenvalue weighted by Crippen LogP contribution is -2.32. The number of H-pyrrole nitrogens is 1. The number of aromatic nitrogens is 2. The first kappa shape index (κ1) is 13.5. The average Bonchev–Trinajstić information content (AvgIpc) is 2.66. The van der Waals surface area contributed by atoms with E-state index in [0.717, 1.165) is 0 Å². The molecule has 1 heterocycles. The van der Waals surface area contributed by atoms with Gasteiger partial charge in [0.05, 0.1) is 11.9 Å². The zero-order valence-corrected chi connectivity index (χ0v) is 11.0. The minimum absolute atomic E-state index is 0.240. The molecular weight excluding hydrogens is 250 g/mol. The molecule has 0 aliphatic heterocycles. The highest BCUT2D eigenvalue weighted by Gasteiger charge is 2.25. The Kier molecular flexibility index (Phi) is 4.76. The van der Waals surface area contributed by atoms with E-state index in [1.807, 2.05) is 0 Å². The zero-order chi connectivity index (χ0) is 12.2. The second-order valence-electron chi connectivity index (χ2n) is 3.40. The van der Waals surface area contributed by atoms with Gasteiger partial charge in [0.15, 0.2) is 0 Å². The van der Waals surface area contributed by atoms with E-state index in [4.69, 9.17) is 11.6 Å². The number of aryl methyl sites for hydroxylation is 1. The molecule has 1 N–H and O–H groups in total. The van der Waals surface area contributed by atoms with Crippen molar-refractivity contribution in [3.63, 3.8) is 0 Å². The predicted molar refractivity (Wildman–Crippen MR) is 63.1 cm³/mol. The molecule has 0 fully saturated rings. The van der Waals surface area contributed by atoms with Crippen molar-refractivity contribution in [2.45, 2.75) is 25.2 Å². The van der Waals surface area contributed by atoms with Gasteiger partial charge in [-0.2, -0.15) is 9.40 Å². The molecule has 0 amide bonds. The molecule has 0 saturated heterocycles. The van der Waals surface area contributed by atoms with Gasteiger partial charge in [0.1, 0.15) is 4.90 Å². The molecule has 5 nitrogen and oxygen atoms in total. The van der Waals surface area contributed by atoms with Gasteiger partial charge in [-0.3, -0.25) is 5.10 Å². The van der Waals surface area contributed by atoms with Crippen LogP contribution in [-0.2, 0) is 10.0 Å². The largest absolute Gasteiger partial charge is 0.281 e. The summed E-state index contributed by atoms with van der Waals surface area (Å²) in [6.45, 7) is 4.37. The van der Waals surface area contributed by atoms with Gasteiger partial charge in [0.25, 0.3) is 0 Å². The number of hydrogen-bond donors (Lipinski definition) is 1. The van der Waals surface area contributed by atoms with Crippen LogP contribution in [0.1, 0.15) is 19.0 Å². The van der Waals surface area contributed by atoms with E-state index >= 15 is 0 Å². The SMILES string of the molecule is CCN(CCCCl)S(=O)(=O)c1cn[nH]c1C. The molecule has 0 radical (unpaired) electrons. The van der Waals surface area contributed by atoms with Crippen molar-refractivity contribution in [3.8, 4) is 0 Å². The highest BCUT2D eigenvalue weighted by molar-refractivity contribution is 7.89. The lowest BCUT2D eigenvalue weighted by molar-refractivity contribution is 0.427. The van der Waals surface area contributed by atoms with Crippen molar-refractivity contribution in [1.29, 1.82) is 0 Å². The van der Waals surface area contributed by atoms with Crippen molar-refractivity contribution in [1.82, 2.24) is 14.5 Å². The van der Waals surface area contributed by atoms with Crippen LogP contribution in [0.4, 0.5) is 0 Å². The predicted octanol–water partition coefficient (Wildman–Crippen LogP) is 1.36. The normalized spacial score (nSPS) is 12.2. The molecule has 1 aromatic heterocycles. The van der Waals surface area contributed by atoms with E-state index in [0.29, 0.717) is 31.1 Å². The molecule has 0 aromatic carbocycles. The maximum absolute atomic E-state index is 12.2. The summed E-state index contributed by atoms with van der Waals surface area (Å²) in [7, 11) is -3.43. The van der Waals surface area contributed by atoms with Crippen LogP contribution in [0.25, 0.3) is 0 Å². The summed E-state index contributed by atoms with van der Waals surface area (Å²) in [5.41, 5.74) is 0.560. The van der Waals surface area contributed by atoms with Crippen LogP contribution in [0, 0.1) is 6.92 Å². The first-order valence-electron chi connectivity index (χ1n) is 5.10. The van der Waals surface area contributed by atoms with E-state index in [1.54, 1.807) is 13.8 Å². The van der Waals surface area contributed by atoms with Crippen molar-refractivity contribution in [2.75, 3.05) is 19.0 Å². The third-order valence-corrected chi connectivity index (χ3v) is 4.65. The van der Waals surface area contributed by atoms with E-state index in [-0.39, 0.29) is 4.90 Å². The van der Waals surface area contributed by atoms with Gasteiger partial charge < -0.3 is 0 Å². The van der Waals surface area contributed by atoms with E-state index in [9.17, 15) is 8.42 Å². The van der Waals surface area contributed by atoms with Gasteiger partial charge in [0, 0.05) is 19.0 Å². The van der Waals surface area contributed by atoms with Crippen molar-refractivity contribution >= 4 is 21.6 Å². The van der Waals surface area contributed by atoms with Gasteiger partial charge in [0.2, 0.25) is 10.0 Å². The fourth-order valence-electron chi connectivity index (χ4n) is 1.42. The van der Waals surface area contributed by atoms with Crippen molar-refractivity contribution in [2.24, 2.45) is 0 Å². The summed E-state index contributed by atoms with van der Waals surface area (Å²) in [5, 5.41) is 6.36. The fourth-order valence-corrected chi connectivity index (χ4v) is 3.15. The lowest BCUT2D eigenvalue weighted by atomic mass is 10.5. The van der Waals surface area contributed by atoms with Crippen LogP contribution in [0.5, 0.6) is 0 Å². The summed E-state index contributed by atoms with van der Waals surface area (Å²) in [4.78, 5) is 0.240. The molecule has 16 heavy (non-hydrogen) atoms. The van der Waals surface area contributed by atoms with E-state index < -0.39 is 10.0 Å². The maximum Gasteiger partial charge on any atom is 0.246 e. The minimum atomic E-state index is -3.43. The molecule has 0 saturated carbocycles. The zero-order valence-electron chi connectivity index (χ0n) is 9.40. The minimum Gasteiger partial charge on any atom is -0.281 e. The third-order valence-electron chi connectivity index (χ3n) is 2.30. The second-order valence-corrected chi connectivity index (χ2v) is 5.68. The summed E-state index contributed by atoms with van der Waals surface area (Å²) >= 11 is 5.57. The lowest BCUT2D eigenvalue weighted by Gasteiger charge is -2.19. The standard InChI is InChI=1S/C9H16ClN3O2S/c1-3-13(6-4-5-10)16(14,15)9-7-11-12-8(9)2/h7H,3-6H2,1-2H3,(H,11,12). The molecule has 0 bridgehead atoms. The number of nitrogens with one attached hydrogen (secondary N) is 1.